The fourth-order valence-corrected chi connectivity index (χ4v) is 4.49. The summed E-state index contributed by atoms with van der Waals surface area (Å²) >= 11 is 0. The standard InChI is InChI=1S/C13H20O.C8H14O.C7H14O/c1-2-3-4-7-13(10-14)9-11-5-6-12(13)8-11;1-3-4-5-6-8(2)7-9;1-2-3-4-5-6-7-8/h5-6,10-12H,2-4,7-9H2,1H3;7H,2-6H2,1H3;7H,2-6H2,1H3. The predicted molar refractivity (Wildman–Crippen MR) is 132 cm³/mol. The normalized spacial score (nSPS) is 22.7. The van der Waals surface area contributed by atoms with E-state index in [1.54, 1.807) is 0 Å². The molecule has 0 spiro atoms. The summed E-state index contributed by atoms with van der Waals surface area (Å²) in [5, 5.41) is 0. The zero-order valence-corrected chi connectivity index (χ0v) is 20.6. The molecule has 0 N–H and O–H groups in total. The van der Waals surface area contributed by atoms with Crippen molar-refractivity contribution in [1.29, 1.82) is 0 Å². The van der Waals surface area contributed by atoms with E-state index in [-0.39, 0.29) is 5.41 Å². The highest BCUT2D eigenvalue weighted by molar-refractivity contribution is 5.71. The summed E-state index contributed by atoms with van der Waals surface area (Å²) in [5.41, 5.74) is 0.762. The van der Waals surface area contributed by atoms with Crippen LogP contribution in [0.1, 0.15) is 117 Å². The topological polar surface area (TPSA) is 51.2 Å². The molecule has 2 bridgehead atoms. The number of aldehydes is 3. The minimum Gasteiger partial charge on any atom is -0.303 e. The molecule has 178 valence electrons. The van der Waals surface area contributed by atoms with Crippen molar-refractivity contribution in [2.45, 2.75) is 117 Å². The van der Waals surface area contributed by atoms with Gasteiger partial charge in [-0.2, -0.15) is 0 Å². The zero-order chi connectivity index (χ0) is 23.4. The van der Waals surface area contributed by atoms with Gasteiger partial charge in [-0.05, 0) is 55.9 Å². The Hall–Kier alpha value is -1.51. The lowest BCUT2D eigenvalue weighted by atomic mass is 9.73. The average molecular weight is 433 g/mol. The summed E-state index contributed by atoms with van der Waals surface area (Å²) in [6.07, 6.45) is 24.9. The molecule has 3 heteroatoms. The maximum atomic E-state index is 11.3. The van der Waals surface area contributed by atoms with Crippen molar-refractivity contribution in [2.24, 2.45) is 17.3 Å². The van der Waals surface area contributed by atoms with Gasteiger partial charge < -0.3 is 9.59 Å². The van der Waals surface area contributed by atoms with Crippen LogP contribution in [0.4, 0.5) is 0 Å². The van der Waals surface area contributed by atoms with Crippen molar-refractivity contribution in [3.05, 3.63) is 24.3 Å². The molecule has 3 unspecified atom stereocenters. The van der Waals surface area contributed by atoms with E-state index in [2.05, 4.69) is 39.5 Å². The first-order valence-corrected chi connectivity index (χ1v) is 12.7. The van der Waals surface area contributed by atoms with Gasteiger partial charge in [-0.3, -0.25) is 4.79 Å². The second kappa shape index (κ2) is 19.2. The van der Waals surface area contributed by atoms with Crippen LogP contribution in [0.25, 0.3) is 0 Å². The van der Waals surface area contributed by atoms with Gasteiger partial charge >= 0.3 is 0 Å². The Bertz CT molecular complexity index is 522. The molecule has 1 saturated carbocycles. The lowest BCUT2D eigenvalue weighted by Gasteiger charge is -2.29. The quantitative estimate of drug-likeness (QED) is 0.115. The highest BCUT2D eigenvalue weighted by Crippen LogP contribution is 2.53. The Labute approximate surface area is 192 Å². The van der Waals surface area contributed by atoms with Crippen molar-refractivity contribution < 1.29 is 14.4 Å². The number of carbonyl (C=O) groups is 3. The molecule has 2 rings (SSSR count). The van der Waals surface area contributed by atoms with Crippen LogP contribution in [0, 0.1) is 17.3 Å². The van der Waals surface area contributed by atoms with Gasteiger partial charge in [-0.25, -0.2) is 0 Å². The van der Waals surface area contributed by atoms with E-state index in [0.717, 1.165) is 56.7 Å². The number of allylic oxidation sites excluding steroid dienone is 3. The van der Waals surface area contributed by atoms with Crippen LogP contribution in [-0.4, -0.2) is 18.9 Å². The first-order valence-electron chi connectivity index (χ1n) is 12.7. The third-order valence-corrected chi connectivity index (χ3v) is 6.48. The minimum absolute atomic E-state index is 0.0363. The molecule has 0 aromatic heterocycles. The molecule has 0 heterocycles. The Balaban J connectivity index is 0.000000465. The third kappa shape index (κ3) is 12.8. The third-order valence-electron chi connectivity index (χ3n) is 6.48. The second-order valence-corrected chi connectivity index (χ2v) is 9.25. The van der Waals surface area contributed by atoms with E-state index in [1.165, 1.54) is 64.1 Å². The van der Waals surface area contributed by atoms with Gasteiger partial charge in [-0.1, -0.05) is 90.9 Å². The molecule has 0 aliphatic heterocycles. The molecule has 3 atom stereocenters. The summed E-state index contributed by atoms with van der Waals surface area (Å²) in [6, 6.07) is 0. The molecular formula is C28H48O3. The summed E-state index contributed by atoms with van der Waals surface area (Å²) in [6.45, 7) is 10.1. The van der Waals surface area contributed by atoms with Crippen LogP contribution in [0.2, 0.25) is 0 Å². The van der Waals surface area contributed by atoms with Crippen LogP contribution in [0.5, 0.6) is 0 Å². The Morgan fingerprint density at radius 3 is 2.03 bits per heavy atom. The van der Waals surface area contributed by atoms with Crippen molar-refractivity contribution in [3.8, 4) is 0 Å². The molecule has 2 aliphatic rings. The van der Waals surface area contributed by atoms with Crippen LogP contribution in [0.3, 0.4) is 0 Å². The van der Waals surface area contributed by atoms with Gasteiger partial charge in [0.1, 0.15) is 18.9 Å². The van der Waals surface area contributed by atoms with E-state index in [1.807, 2.05) is 0 Å². The number of carbonyl (C=O) groups excluding carboxylic acids is 3. The zero-order valence-electron chi connectivity index (χ0n) is 20.6. The molecule has 1 fully saturated rings. The molecule has 2 aliphatic carbocycles. The van der Waals surface area contributed by atoms with Crippen molar-refractivity contribution in [2.75, 3.05) is 0 Å². The fraction of sp³-hybridized carbons (Fsp3) is 0.750. The monoisotopic (exact) mass is 432 g/mol. The Morgan fingerprint density at radius 2 is 1.55 bits per heavy atom. The second-order valence-electron chi connectivity index (χ2n) is 9.25. The number of hydrogen-bond donors (Lipinski definition) is 0. The van der Waals surface area contributed by atoms with Crippen LogP contribution >= 0.6 is 0 Å². The largest absolute Gasteiger partial charge is 0.303 e. The van der Waals surface area contributed by atoms with E-state index < -0.39 is 0 Å². The van der Waals surface area contributed by atoms with Gasteiger partial charge in [0.25, 0.3) is 0 Å². The average Bonchev–Trinajstić information content (AvgIpc) is 3.40. The molecule has 0 amide bonds. The molecule has 31 heavy (non-hydrogen) atoms. The SMILES string of the molecule is C=C(C=O)CCCCC.CCCCCC1(C=O)CC2C=CC1C2.CCCCCCC=O. The summed E-state index contributed by atoms with van der Waals surface area (Å²) in [7, 11) is 0. The van der Waals surface area contributed by atoms with Crippen LogP contribution in [-0.2, 0) is 14.4 Å². The van der Waals surface area contributed by atoms with E-state index in [4.69, 9.17) is 0 Å². The maximum absolute atomic E-state index is 11.3. The van der Waals surface area contributed by atoms with Crippen molar-refractivity contribution in [1.82, 2.24) is 0 Å². The number of hydrogen-bond acceptors (Lipinski definition) is 3. The van der Waals surface area contributed by atoms with Gasteiger partial charge in [0.2, 0.25) is 0 Å². The van der Waals surface area contributed by atoms with Crippen molar-refractivity contribution >= 4 is 18.9 Å². The summed E-state index contributed by atoms with van der Waals surface area (Å²) in [5.74, 6) is 1.29. The van der Waals surface area contributed by atoms with Gasteiger partial charge in [0.05, 0.1) is 0 Å². The fourth-order valence-electron chi connectivity index (χ4n) is 4.49. The molecule has 3 nitrogen and oxygen atoms in total. The van der Waals surface area contributed by atoms with Gasteiger partial charge in [-0.15, -0.1) is 0 Å². The van der Waals surface area contributed by atoms with Crippen LogP contribution in [0.15, 0.2) is 24.3 Å². The molecule has 0 aromatic rings. The first-order chi connectivity index (χ1) is 15.0. The smallest absolute Gasteiger partial charge is 0.145 e. The Kier molecular flexibility index (Phi) is 18.3. The van der Waals surface area contributed by atoms with E-state index in [0.29, 0.717) is 11.8 Å². The molecule has 0 radical (unpaired) electrons. The highest BCUT2D eigenvalue weighted by atomic mass is 16.1. The van der Waals surface area contributed by atoms with Gasteiger partial charge in [0.15, 0.2) is 0 Å². The van der Waals surface area contributed by atoms with Crippen molar-refractivity contribution in [3.63, 3.8) is 0 Å². The lowest BCUT2D eigenvalue weighted by Crippen LogP contribution is -2.27. The predicted octanol–water partition coefficient (Wildman–Crippen LogP) is 7.83. The van der Waals surface area contributed by atoms with E-state index >= 15 is 0 Å². The molecule has 0 saturated heterocycles. The number of rotatable bonds is 15. The van der Waals surface area contributed by atoms with Gasteiger partial charge in [0, 0.05) is 11.8 Å². The summed E-state index contributed by atoms with van der Waals surface area (Å²) < 4.78 is 0. The lowest BCUT2D eigenvalue weighted by molar-refractivity contribution is -0.118. The van der Waals surface area contributed by atoms with Crippen LogP contribution < -0.4 is 0 Å². The number of fused-ring (bicyclic) bond motifs is 2. The Morgan fingerprint density at radius 1 is 0.903 bits per heavy atom. The number of unbranched alkanes of at least 4 members (excludes halogenated alkanes) is 8. The first kappa shape index (κ1) is 29.5. The highest BCUT2D eigenvalue weighted by Gasteiger charge is 2.47. The van der Waals surface area contributed by atoms with E-state index in [9.17, 15) is 14.4 Å². The maximum Gasteiger partial charge on any atom is 0.145 e. The minimum atomic E-state index is 0.0363. The molecular weight excluding hydrogens is 384 g/mol. The molecule has 0 aromatic carbocycles. The summed E-state index contributed by atoms with van der Waals surface area (Å²) in [4.78, 5) is 31.0.